The number of hydrogen-bond acceptors (Lipinski definition) is 4. The lowest BCUT2D eigenvalue weighted by molar-refractivity contribution is 0.0954. The van der Waals surface area contributed by atoms with Crippen molar-refractivity contribution in [3.8, 4) is 0 Å². The van der Waals surface area contributed by atoms with Crippen LogP contribution in [0.4, 0.5) is 0 Å². The van der Waals surface area contributed by atoms with Gasteiger partial charge >= 0.3 is 5.69 Å². The van der Waals surface area contributed by atoms with Crippen LogP contribution in [0.5, 0.6) is 0 Å². The van der Waals surface area contributed by atoms with Crippen LogP contribution in [0.1, 0.15) is 25.9 Å². The lowest BCUT2D eigenvalue weighted by Gasteiger charge is -2.05. The Labute approximate surface area is 137 Å². The Balaban J connectivity index is 1.68. The van der Waals surface area contributed by atoms with Gasteiger partial charge in [-0.15, -0.1) is 11.3 Å². The number of thiazole rings is 1. The molecular formula is C16H18N4O2S. The third kappa shape index (κ3) is 3.05. The highest BCUT2D eigenvalue weighted by molar-refractivity contribution is 7.11. The molecule has 1 amide bonds. The maximum atomic E-state index is 12.2. The van der Waals surface area contributed by atoms with Gasteiger partial charge in [0.1, 0.15) is 0 Å². The van der Waals surface area contributed by atoms with E-state index in [4.69, 9.17) is 0 Å². The van der Waals surface area contributed by atoms with E-state index in [0.29, 0.717) is 17.6 Å². The van der Waals surface area contributed by atoms with Crippen molar-refractivity contribution in [2.24, 2.45) is 7.05 Å². The number of carbonyl (C=O) groups excluding carboxylic acids is 1. The van der Waals surface area contributed by atoms with Crippen LogP contribution in [0.15, 0.2) is 23.0 Å². The molecule has 0 saturated carbocycles. The zero-order chi connectivity index (χ0) is 16.6. The number of hydrogen-bond donors (Lipinski definition) is 2. The molecule has 0 aliphatic heterocycles. The Morgan fingerprint density at radius 2 is 2.17 bits per heavy atom. The molecule has 120 valence electrons. The molecule has 0 bridgehead atoms. The van der Waals surface area contributed by atoms with E-state index in [1.54, 1.807) is 36.6 Å². The SMILES string of the molecule is Cc1nc(C)c(CCNC(=O)c2ccc3c(c2)[nH]c(=O)n3C)s1. The summed E-state index contributed by atoms with van der Waals surface area (Å²) in [7, 11) is 1.69. The Bertz CT molecular complexity index is 935. The maximum Gasteiger partial charge on any atom is 0.326 e. The van der Waals surface area contributed by atoms with E-state index in [9.17, 15) is 9.59 Å². The van der Waals surface area contributed by atoms with Crippen molar-refractivity contribution < 1.29 is 4.79 Å². The van der Waals surface area contributed by atoms with E-state index in [-0.39, 0.29) is 11.6 Å². The molecule has 0 aliphatic carbocycles. The fraction of sp³-hybridized carbons (Fsp3) is 0.312. The topological polar surface area (TPSA) is 79.8 Å². The Hall–Kier alpha value is -2.41. The zero-order valence-electron chi connectivity index (χ0n) is 13.3. The maximum absolute atomic E-state index is 12.2. The molecule has 0 atom stereocenters. The highest BCUT2D eigenvalue weighted by atomic mass is 32.1. The first-order valence-corrected chi connectivity index (χ1v) is 8.17. The molecular weight excluding hydrogens is 312 g/mol. The van der Waals surface area contributed by atoms with Crippen molar-refractivity contribution >= 4 is 28.3 Å². The minimum atomic E-state index is -0.186. The fourth-order valence-corrected chi connectivity index (χ4v) is 3.51. The molecule has 0 fully saturated rings. The Morgan fingerprint density at radius 1 is 1.39 bits per heavy atom. The Kier molecular flexibility index (Phi) is 4.04. The van der Waals surface area contributed by atoms with Crippen LogP contribution in [0, 0.1) is 13.8 Å². The number of imidazole rings is 1. The molecule has 23 heavy (non-hydrogen) atoms. The summed E-state index contributed by atoms with van der Waals surface area (Å²) in [6, 6.07) is 5.21. The van der Waals surface area contributed by atoms with Gasteiger partial charge < -0.3 is 10.3 Å². The molecule has 3 rings (SSSR count). The van der Waals surface area contributed by atoms with Gasteiger partial charge in [-0.05, 0) is 32.0 Å². The number of benzene rings is 1. The molecule has 0 radical (unpaired) electrons. The Morgan fingerprint density at radius 3 is 2.87 bits per heavy atom. The molecule has 0 unspecified atom stereocenters. The highest BCUT2D eigenvalue weighted by Gasteiger charge is 2.10. The molecule has 3 aromatic rings. The van der Waals surface area contributed by atoms with Crippen molar-refractivity contribution in [1.29, 1.82) is 0 Å². The van der Waals surface area contributed by atoms with Gasteiger partial charge in [0.15, 0.2) is 0 Å². The number of aryl methyl sites for hydroxylation is 3. The predicted octanol–water partition coefficient (Wildman–Crippen LogP) is 1.91. The summed E-state index contributed by atoms with van der Waals surface area (Å²) in [4.78, 5) is 32.1. The van der Waals surface area contributed by atoms with Gasteiger partial charge in [0.05, 0.1) is 21.7 Å². The van der Waals surface area contributed by atoms with Crippen molar-refractivity contribution in [2.75, 3.05) is 6.54 Å². The van der Waals surface area contributed by atoms with Crippen LogP contribution in [0.3, 0.4) is 0 Å². The number of H-pyrrole nitrogens is 1. The summed E-state index contributed by atoms with van der Waals surface area (Å²) in [6.45, 7) is 4.53. The van der Waals surface area contributed by atoms with Crippen LogP contribution in [0.25, 0.3) is 11.0 Å². The first-order valence-electron chi connectivity index (χ1n) is 7.35. The number of aromatic nitrogens is 3. The average molecular weight is 330 g/mol. The average Bonchev–Trinajstić information content (AvgIpc) is 2.98. The number of nitrogens with zero attached hydrogens (tertiary/aromatic N) is 2. The quantitative estimate of drug-likeness (QED) is 0.767. The van der Waals surface area contributed by atoms with Crippen LogP contribution in [-0.4, -0.2) is 27.0 Å². The number of fused-ring (bicyclic) bond motifs is 1. The molecule has 2 aromatic heterocycles. The van der Waals surface area contributed by atoms with Crippen LogP contribution in [-0.2, 0) is 13.5 Å². The second-order valence-electron chi connectivity index (χ2n) is 5.47. The smallest absolute Gasteiger partial charge is 0.326 e. The number of nitrogens with one attached hydrogen (secondary N) is 2. The summed E-state index contributed by atoms with van der Waals surface area (Å²) < 4.78 is 1.52. The van der Waals surface area contributed by atoms with Gasteiger partial charge in [-0.3, -0.25) is 9.36 Å². The normalized spacial score (nSPS) is 11.1. The minimum Gasteiger partial charge on any atom is -0.352 e. The lowest BCUT2D eigenvalue weighted by Crippen LogP contribution is -2.25. The standard InChI is InChI=1S/C16H18N4O2S/c1-9-14(23-10(2)18-9)6-7-17-15(21)11-4-5-13-12(8-11)19-16(22)20(13)3/h4-5,8H,6-7H2,1-3H3,(H,17,21)(H,19,22). The van der Waals surface area contributed by atoms with Gasteiger partial charge in [-0.1, -0.05) is 0 Å². The number of aromatic amines is 1. The van der Waals surface area contributed by atoms with Gasteiger partial charge in [0, 0.05) is 30.5 Å². The molecule has 7 heteroatoms. The number of rotatable bonds is 4. The molecule has 0 spiro atoms. The van der Waals surface area contributed by atoms with Crippen molar-refractivity contribution in [3.05, 3.63) is 49.8 Å². The predicted molar refractivity (Wildman–Crippen MR) is 91.2 cm³/mol. The summed E-state index contributed by atoms with van der Waals surface area (Å²) in [5, 5.41) is 3.95. The van der Waals surface area contributed by atoms with Gasteiger partial charge in [0.2, 0.25) is 0 Å². The monoisotopic (exact) mass is 330 g/mol. The van der Waals surface area contributed by atoms with E-state index in [0.717, 1.165) is 22.6 Å². The first-order chi connectivity index (χ1) is 11.0. The third-order valence-electron chi connectivity index (χ3n) is 3.80. The summed E-state index contributed by atoms with van der Waals surface area (Å²) in [6.07, 6.45) is 0.771. The van der Waals surface area contributed by atoms with Gasteiger partial charge in [-0.25, -0.2) is 9.78 Å². The second-order valence-corrected chi connectivity index (χ2v) is 6.76. The molecule has 2 heterocycles. The fourth-order valence-electron chi connectivity index (χ4n) is 2.58. The highest BCUT2D eigenvalue weighted by Crippen LogP contribution is 2.17. The van der Waals surface area contributed by atoms with E-state index in [2.05, 4.69) is 15.3 Å². The third-order valence-corrected chi connectivity index (χ3v) is 4.94. The molecule has 0 saturated heterocycles. The minimum absolute atomic E-state index is 0.143. The van der Waals surface area contributed by atoms with Crippen molar-refractivity contribution in [3.63, 3.8) is 0 Å². The molecule has 1 aromatic carbocycles. The van der Waals surface area contributed by atoms with Crippen LogP contribution in [0.2, 0.25) is 0 Å². The summed E-state index contributed by atoms with van der Waals surface area (Å²) in [5.74, 6) is -0.143. The van der Waals surface area contributed by atoms with Crippen molar-refractivity contribution in [2.45, 2.75) is 20.3 Å². The van der Waals surface area contributed by atoms with E-state index in [1.165, 1.54) is 9.44 Å². The van der Waals surface area contributed by atoms with Gasteiger partial charge in [0.25, 0.3) is 5.91 Å². The first kappa shape index (κ1) is 15.5. The number of amides is 1. The van der Waals surface area contributed by atoms with E-state index >= 15 is 0 Å². The zero-order valence-corrected chi connectivity index (χ0v) is 14.1. The van der Waals surface area contributed by atoms with E-state index in [1.807, 2.05) is 13.8 Å². The van der Waals surface area contributed by atoms with Gasteiger partial charge in [-0.2, -0.15) is 0 Å². The molecule has 6 nitrogen and oxygen atoms in total. The lowest BCUT2D eigenvalue weighted by atomic mass is 10.2. The second kappa shape index (κ2) is 6.00. The summed E-state index contributed by atoms with van der Waals surface area (Å²) >= 11 is 1.66. The number of carbonyl (C=O) groups is 1. The molecule has 0 aliphatic rings. The largest absolute Gasteiger partial charge is 0.352 e. The van der Waals surface area contributed by atoms with Crippen molar-refractivity contribution in [1.82, 2.24) is 19.9 Å². The molecule has 2 N–H and O–H groups in total. The van der Waals surface area contributed by atoms with Crippen LogP contribution < -0.4 is 11.0 Å². The van der Waals surface area contributed by atoms with E-state index < -0.39 is 0 Å². The van der Waals surface area contributed by atoms with Crippen LogP contribution >= 0.6 is 11.3 Å². The summed E-state index contributed by atoms with van der Waals surface area (Å²) in [5.41, 5.74) is 2.83.